The number of nitrogens with one attached hydrogen (secondary N) is 2. The second-order valence-corrected chi connectivity index (χ2v) is 11.2. The van der Waals surface area contributed by atoms with E-state index in [1.165, 1.54) is 4.90 Å². The summed E-state index contributed by atoms with van der Waals surface area (Å²) in [6, 6.07) is 9.64. The van der Waals surface area contributed by atoms with Crippen LogP contribution in [0.5, 0.6) is 0 Å². The molecule has 0 spiro atoms. The molecule has 2 bridgehead atoms. The number of aromatic nitrogens is 2. The molecule has 1 atom stereocenters. The van der Waals surface area contributed by atoms with Gasteiger partial charge in [-0.15, -0.1) is 0 Å². The predicted molar refractivity (Wildman–Crippen MR) is 137 cm³/mol. The van der Waals surface area contributed by atoms with Gasteiger partial charge in [0.15, 0.2) is 0 Å². The molecule has 1 amide bonds. The molecule has 9 heteroatoms. The lowest BCUT2D eigenvalue weighted by molar-refractivity contribution is -0.257. The first-order chi connectivity index (χ1) is 17.3. The van der Waals surface area contributed by atoms with Gasteiger partial charge < -0.3 is 14.9 Å². The molecule has 3 aromatic rings. The van der Waals surface area contributed by atoms with Crippen LogP contribution < -0.4 is 10.9 Å². The molecular weight excluding hydrogens is 481 g/mol. The van der Waals surface area contributed by atoms with Crippen LogP contribution in [0, 0.1) is 26.2 Å². The van der Waals surface area contributed by atoms with Gasteiger partial charge in [-0.2, -0.15) is 13.2 Å². The fraction of sp³-hybridized carbons (Fsp3) is 0.500. The Morgan fingerprint density at radius 1 is 1.19 bits per heavy atom. The predicted octanol–water partition coefficient (Wildman–Crippen LogP) is 5.16. The number of H-pyrrole nitrogens is 1. The molecule has 0 unspecified atom stereocenters. The number of nitrogens with zero attached hydrogens (tertiary/aromatic N) is 2. The van der Waals surface area contributed by atoms with Crippen LogP contribution in [0.15, 0.2) is 35.1 Å². The number of carbonyl (C=O) groups excluding carboxylic acids is 1. The largest absolute Gasteiger partial charge is 0.401 e. The highest BCUT2D eigenvalue weighted by Crippen LogP contribution is 2.74. The molecule has 0 aliphatic heterocycles. The number of para-hydroxylation sites is 1. The van der Waals surface area contributed by atoms with Crippen molar-refractivity contribution in [3.63, 3.8) is 0 Å². The first kappa shape index (κ1) is 25.6. The lowest BCUT2D eigenvalue weighted by atomic mass is 9.36. The van der Waals surface area contributed by atoms with Gasteiger partial charge in [-0.1, -0.05) is 18.2 Å². The maximum atomic E-state index is 13.4. The summed E-state index contributed by atoms with van der Waals surface area (Å²) in [5.74, 6) is -0.252. The molecule has 2 heterocycles. The van der Waals surface area contributed by atoms with Crippen molar-refractivity contribution in [2.45, 2.75) is 71.3 Å². The fourth-order valence-corrected chi connectivity index (χ4v) is 6.90. The highest BCUT2D eigenvalue weighted by atomic mass is 19.4. The Hall–Kier alpha value is -3.07. The highest BCUT2D eigenvalue weighted by Gasteiger charge is 2.72. The van der Waals surface area contributed by atoms with E-state index in [-0.39, 0.29) is 35.0 Å². The lowest BCUT2D eigenvalue weighted by Crippen LogP contribution is -2.76. The van der Waals surface area contributed by atoms with Gasteiger partial charge in [0.2, 0.25) is 0 Å². The van der Waals surface area contributed by atoms with E-state index < -0.39 is 12.7 Å². The monoisotopic (exact) mass is 514 g/mol. The third kappa shape index (κ3) is 4.07. The van der Waals surface area contributed by atoms with Gasteiger partial charge in [-0.3, -0.25) is 14.5 Å². The maximum absolute atomic E-state index is 13.4. The van der Waals surface area contributed by atoms with E-state index in [4.69, 9.17) is 0 Å². The number of carbonyl (C=O) groups is 1. The Labute approximate surface area is 213 Å². The van der Waals surface area contributed by atoms with Gasteiger partial charge in [0.1, 0.15) is 0 Å². The van der Waals surface area contributed by atoms with Gasteiger partial charge in [0.05, 0.1) is 12.1 Å². The third-order valence-electron chi connectivity index (χ3n) is 8.85. The molecule has 2 N–H and O–H groups in total. The van der Waals surface area contributed by atoms with Crippen LogP contribution >= 0.6 is 0 Å². The number of pyridine rings is 1. The van der Waals surface area contributed by atoms with Crippen molar-refractivity contribution in [1.29, 1.82) is 0 Å². The van der Waals surface area contributed by atoms with Crippen molar-refractivity contribution in [3.05, 3.63) is 68.8 Å². The van der Waals surface area contributed by atoms with E-state index in [9.17, 15) is 22.8 Å². The summed E-state index contributed by atoms with van der Waals surface area (Å²) in [5.41, 5.74) is 3.78. The van der Waals surface area contributed by atoms with Crippen LogP contribution in [0.2, 0.25) is 0 Å². The SMILES string of the molecule is Cc1cc(C)c(CNC(=O)c2c(C)n([C@H](C)C34CC(N(C)CC(F)(F)F)(C3)C4)c3ccccc23)c(=O)[nH]1. The van der Waals surface area contributed by atoms with E-state index in [0.717, 1.165) is 47.1 Å². The minimum Gasteiger partial charge on any atom is -0.348 e. The molecule has 6 nitrogen and oxygen atoms in total. The zero-order chi connectivity index (χ0) is 26.9. The van der Waals surface area contributed by atoms with Crippen molar-refractivity contribution in [2.24, 2.45) is 5.41 Å². The number of fused-ring (bicyclic) bond motifs is 1. The first-order valence-corrected chi connectivity index (χ1v) is 12.6. The van der Waals surface area contributed by atoms with Gasteiger partial charge in [-0.05, 0) is 77.1 Å². The number of aryl methyl sites for hydroxylation is 2. The van der Waals surface area contributed by atoms with Gasteiger partial charge in [0, 0.05) is 46.0 Å². The number of rotatable bonds is 7. The number of amides is 1. The molecule has 3 saturated carbocycles. The van der Waals surface area contributed by atoms with Gasteiger partial charge in [-0.25, -0.2) is 0 Å². The summed E-state index contributed by atoms with van der Waals surface area (Å²) in [7, 11) is 1.57. The van der Waals surface area contributed by atoms with E-state index in [1.807, 2.05) is 51.1 Å². The summed E-state index contributed by atoms with van der Waals surface area (Å²) in [4.78, 5) is 30.1. The topological polar surface area (TPSA) is 70.1 Å². The molecule has 1 aromatic carbocycles. The third-order valence-corrected chi connectivity index (χ3v) is 8.85. The molecular formula is C28H33F3N4O2. The quantitative estimate of drug-likeness (QED) is 0.458. The Morgan fingerprint density at radius 2 is 1.84 bits per heavy atom. The Kier molecular flexibility index (Phi) is 5.86. The van der Waals surface area contributed by atoms with E-state index in [2.05, 4.69) is 21.8 Å². The number of alkyl halides is 3. The molecule has 0 radical (unpaired) electrons. The van der Waals surface area contributed by atoms with Crippen LogP contribution in [0.4, 0.5) is 13.2 Å². The summed E-state index contributed by atoms with van der Waals surface area (Å²) in [6.45, 7) is 6.93. The van der Waals surface area contributed by atoms with Crippen molar-refractivity contribution in [1.82, 2.24) is 19.8 Å². The minimum absolute atomic E-state index is 0.0299. The molecule has 3 aliphatic rings. The maximum Gasteiger partial charge on any atom is 0.401 e. The van der Waals surface area contributed by atoms with Crippen LogP contribution in [-0.2, 0) is 6.54 Å². The highest BCUT2D eigenvalue weighted by molar-refractivity contribution is 6.08. The molecule has 3 fully saturated rings. The van der Waals surface area contributed by atoms with Gasteiger partial charge >= 0.3 is 6.18 Å². The Bertz CT molecular complexity index is 1430. The summed E-state index contributed by atoms with van der Waals surface area (Å²) < 4.78 is 41.1. The average Bonchev–Trinajstić information content (AvgIpc) is 3.01. The number of aromatic amines is 1. The van der Waals surface area contributed by atoms with Crippen LogP contribution in [-0.4, -0.2) is 45.7 Å². The second-order valence-electron chi connectivity index (χ2n) is 11.2. The van der Waals surface area contributed by atoms with Crippen LogP contribution in [0.1, 0.15) is 65.1 Å². The number of hydrogen-bond acceptors (Lipinski definition) is 3. The smallest absolute Gasteiger partial charge is 0.348 e. The van der Waals surface area contributed by atoms with Crippen LogP contribution in [0.3, 0.4) is 0 Å². The lowest BCUT2D eigenvalue weighted by Gasteiger charge is -2.75. The zero-order valence-electron chi connectivity index (χ0n) is 21.8. The van der Waals surface area contributed by atoms with Crippen molar-refractivity contribution in [3.8, 4) is 0 Å². The standard InChI is InChI=1S/C28H33F3N4O2/c1-16-10-17(2)33-24(36)21(16)11-32-25(37)23-18(3)35(22-9-7-6-8-20(22)23)19(4)26-12-27(13-26,14-26)34(5)15-28(29,30)31/h6-10,19H,11-15H2,1-5H3,(H,32,37)(H,33,36)/t19-,26?,27?/m1/s1. The molecule has 6 rings (SSSR count). The zero-order valence-corrected chi connectivity index (χ0v) is 21.8. The summed E-state index contributed by atoms with van der Waals surface area (Å²) in [5, 5.41) is 3.76. The molecule has 2 aromatic heterocycles. The van der Waals surface area contributed by atoms with E-state index in [0.29, 0.717) is 11.1 Å². The fourth-order valence-electron chi connectivity index (χ4n) is 6.90. The normalized spacial score (nSPS) is 23.6. The number of benzene rings is 1. The molecule has 198 valence electrons. The van der Waals surface area contributed by atoms with E-state index in [1.54, 1.807) is 7.05 Å². The number of halogens is 3. The Balaban J connectivity index is 1.40. The molecule has 37 heavy (non-hydrogen) atoms. The summed E-state index contributed by atoms with van der Waals surface area (Å²) in [6.07, 6.45) is -2.05. The van der Waals surface area contributed by atoms with E-state index >= 15 is 0 Å². The second kappa shape index (κ2) is 8.48. The average molecular weight is 515 g/mol. The molecule has 3 aliphatic carbocycles. The van der Waals surface area contributed by atoms with Gasteiger partial charge in [0.25, 0.3) is 11.5 Å². The number of hydrogen-bond donors (Lipinski definition) is 2. The van der Waals surface area contributed by atoms with Crippen molar-refractivity contribution in [2.75, 3.05) is 13.6 Å². The van der Waals surface area contributed by atoms with Crippen molar-refractivity contribution >= 4 is 16.8 Å². The Morgan fingerprint density at radius 3 is 2.46 bits per heavy atom. The summed E-state index contributed by atoms with van der Waals surface area (Å²) >= 11 is 0. The minimum atomic E-state index is -4.21. The molecule has 0 saturated heterocycles. The van der Waals surface area contributed by atoms with Crippen LogP contribution in [0.25, 0.3) is 10.9 Å². The first-order valence-electron chi connectivity index (χ1n) is 12.6. The van der Waals surface area contributed by atoms with Crippen molar-refractivity contribution < 1.29 is 18.0 Å².